The Morgan fingerprint density at radius 3 is 2.53 bits per heavy atom. The van der Waals surface area contributed by atoms with Crippen molar-refractivity contribution in [3.05, 3.63) is 58.8 Å². The second-order valence-corrected chi connectivity index (χ2v) is 8.04. The SMILES string of the molecule is Cc1ncc(-c2onc(C)c2C)c(C2CCCN2C(=O)c2ccc(N(C)C)cc2)n1. The third-order valence-electron chi connectivity index (χ3n) is 5.80. The lowest BCUT2D eigenvalue weighted by molar-refractivity contribution is 0.0733. The van der Waals surface area contributed by atoms with Crippen LogP contribution < -0.4 is 4.90 Å². The number of aryl methyl sites for hydroxylation is 2. The Labute approximate surface area is 176 Å². The molecule has 1 fully saturated rings. The maximum Gasteiger partial charge on any atom is 0.254 e. The second kappa shape index (κ2) is 7.89. The largest absolute Gasteiger partial charge is 0.378 e. The van der Waals surface area contributed by atoms with Crippen molar-refractivity contribution in [1.29, 1.82) is 0 Å². The van der Waals surface area contributed by atoms with Crippen molar-refractivity contribution < 1.29 is 9.32 Å². The highest BCUT2D eigenvalue weighted by molar-refractivity contribution is 5.95. The summed E-state index contributed by atoms with van der Waals surface area (Å²) in [6, 6.07) is 7.61. The molecule has 0 spiro atoms. The lowest BCUT2D eigenvalue weighted by atomic mass is 10.0. The van der Waals surface area contributed by atoms with Gasteiger partial charge in [-0.15, -0.1) is 0 Å². The quantitative estimate of drug-likeness (QED) is 0.650. The van der Waals surface area contributed by atoms with Gasteiger partial charge in [-0.2, -0.15) is 0 Å². The van der Waals surface area contributed by atoms with Crippen molar-refractivity contribution in [2.24, 2.45) is 0 Å². The molecule has 1 aliphatic heterocycles. The molecule has 0 N–H and O–H groups in total. The summed E-state index contributed by atoms with van der Waals surface area (Å²) in [5, 5.41) is 4.09. The summed E-state index contributed by atoms with van der Waals surface area (Å²) in [4.78, 5) is 26.4. The maximum absolute atomic E-state index is 13.3. The molecule has 1 atom stereocenters. The maximum atomic E-state index is 13.3. The lowest BCUT2D eigenvalue weighted by Crippen LogP contribution is -2.31. The summed E-state index contributed by atoms with van der Waals surface area (Å²) >= 11 is 0. The number of hydrogen-bond donors (Lipinski definition) is 0. The smallest absolute Gasteiger partial charge is 0.254 e. The number of carbonyl (C=O) groups is 1. The van der Waals surface area contributed by atoms with E-state index in [1.165, 1.54) is 0 Å². The molecule has 0 saturated carbocycles. The van der Waals surface area contributed by atoms with Gasteiger partial charge in [0.15, 0.2) is 5.76 Å². The average Bonchev–Trinajstić information content (AvgIpc) is 3.35. The summed E-state index contributed by atoms with van der Waals surface area (Å²) in [5.41, 5.74) is 5.21. The van der Waals surface area contributed by atoms with Crippen molar-refractivity contribution in [3.8, 4) is 11.3 Å². The number of aromatic nitrogens is 3. The number of carbonyl (C=O) groups excluding carboxylic acids is 1. The summed E-state index contributed by atoms with van der Waals surface area (Å²) in [6.07, 6.45) is 3.58. The molecule has 3 aromatic rings. The average molecular weight is 406 g/mol. The summed E-state index contributed by atoms with van der Waals surface area (Å²) in [5.74, 6) is 1.38. The minimum atomic E-state index is -0.118. The molecule has 1 aromatic carbocycles. The van der Waals surface area contributed by atoms with Crippen LogP contribution in [0.15, 0.2) is 35.0 Å². The van der Waals surface area contributed by atoms with Crippen molar-refractivity contribution in [1.82, 2.24) is 20.0 Å². The van der Waals surface area contributed by atoms with Crippen LogP contribution >= 0.6 is 0 Å². The number of benzene rings is 1. The summed E-state index contributed by atoms with van der Waals surface area (Å²) in [7, 11) is 3.97. The molecular weight excluding hydrogens is 378 g/mol. The van der Waals surface area contributed by atoms with E-state index in [0.717, 1.165) is 41.0 Å². The van der Waals surface area contributed by atoms with Gasteiger partial charge in [0.1, 0.15) is 5.82 Å². The molecule has 1 aliphatic rings. The first-order chi connectivity index (χ1) is 14.4. The molecule has 1 saturated heterocycles. The van der Waals surface area contributed by atoms with E-state index >= 15 is 0 Å². The second-order valence-electron chi connectivity index (χ2n) is 8.04. The standard InChI is InChI=1S/C23H27N5O2/c1-14-15(2)26-30-22(14)19-13-24-16(3)25-21(19)20-7-6-12-28(20)23(29)17-8-10-18(11-9-17)27(4)5/h8-11,13,20H,6-7,12H2,1-5H3. The summed E-state index contributed by atoms with van der Waals surface area (Å²) in [6.45, 7) is 6.47. The molecule has 1 amide bonds. The molecule has 3 heterocycles. The van der Waals surface area contributed by atoms with E-state index in [9.17, 15) is 4.79 Å². The third-order valence-corrected chi connectivity index (χ3v) is 5.80. The Morgan fingerprint density at radius 1 is 1.17 bits per heavy atom. The van der Waals surface area contributed by atoms with Gasteiger partial charge in [0.05, 0.1) is 23.0 Å². The summed E-state index contributed by atoms with van der Waals surface area (Å²) < 4.78 is 5.60. The fourth-order valence-electron chi connectivity index (χ4n) is 3.95. The number of amides is 1. The van der Waals surface area contributed by atoms with Crippen LogP contribution in [0.5, 0.6) is 0 Å². The van der Waals surface area contributed by atoms with E-state index in [1.54, 1.807) is 6.20 Å². The Hall–Kier alpha value is -3.22. The Balaban J connectivity index is 1.71. The first-order valence-electron chi connectivity index (χ1n) is 10.2. The van der Waals surface area contributed by atoms with E-state index in [1.807, 2.05) is 68.9 Å². The van der Waals surface area contributed by atoms with Crippen LogP contribution in [0, 0.1) is 20.8 Å². The van der Waals surface area contributed by atoms with Crippen LogP contribution in [-0.4, -0.2) is 46.6 Å². The molecule has 30 heavy (non-hydrogen) atoms. The molecule has 156 valence electrons. The Bertz CT molecular complexity index is 1070. The van der Waals surface area contributed by atoms with E-state index in [2.05, 4.69) is 10.1 Å². The van der Waals surface area contributed by atoms with E-state index in [0.29, 0.717) is 23.7 Å². The number of anilines is 1. The van der Waals surface area contributed by atoms with Gasteiger partial charge in [0, 0.05) is 43.7 Å². The topological polar surface area (TPSA) is 75.4 Å². The molecule has 0 aliphatic carbocycles. The number of rotatable bonds is 4. The van der Waals surface area contributed by atoms with E-state index in [4.69, 9.17) is 9.51 Å². The van der Waals surface area contributed by atoms with Gasteiger partial charge in [0.25, 0.3) is 5.91 Å². The van der Waals surface area contributed by atoms with Crippen molar-refractivity contribution in [3.63, 3.8) is 0 Å². The van der Waals surface area contributed by atoms with Gasteiger partial charge in [-0.1, -0.05) is 5.16 Å². The predicted octanol–water partition coefficient (Wildman–Crippen LogP) is 4.10. The van der Waals surface area contributed by atoms with E-state index < -0.39 is 0 Å². The fraction of sp³-hybridized carbons (Fsp3) is 0.391. The zero-order chi connectivity index (χ0) is 21.4. The van der Waals surface area contributed by atoms with Gasteiger partial charge in [-0.3, -0.25) is 4.79 Å². The van der Waals surface area contributed by atoms with Crippen molar-refractivity contribution >= 4 is 11.6 Å². The van der Waals surface area contributed by atoms with Gasteiger partial charge in [0.2, 0.25) is 0 Å². The van der Waals surface area contributed by atoms with Crippen LogP contribution in [-0.2, 0) is 0 Å². The van der Waals surface area contributed by atoms with Crippen LogP contribution in [0.3, 0.4) is 0 Å². The lowest BCUT2D eigenvalue weighted by Gasteiger charge is -2.26. The van der Waals surface area contributed by atoms with Crippen molar-refractivity contribution in [2.45, 2.75) is 39.7 Å². The monoisotopic (exact) mass is 405 g/mol. The molecule has 2 aromatic heterocycles. The van der Waals surface area contributed by atoms with Gasteiger partial charge >= 0.3 is 0 Å². The van der Waals surface area contributed by atoms with Gasteiger partial charge < -0.3 is 14.3 Å². The van der Waals surface area contributed by atoms with Gasteiger partial charge in [-0.25, -0.2) is 9.97 Å². The first-order valence-corrected chi connectivity index (χ1v) is 10.2. The minimum absolute atomic E-state index is 0.0236. The van der Waals surface area contributed by atoms with Crippen LogP contribution in [0.1, 0.15) is 52.0 Å². The number of nitrogens with zero attached hydrogens (tertiary/aromatic N) is 5. The number of likely N-dealkylation sites (tertiary alicyclic amines) is 1. The van der Waals surface area contributed by atoms with Crippen LogP contribution in [0.4, 0.5) is 5.69 Å². The Kier molecular flexibility index (Phi) is 5.28. The molecule has 7 nitrogen and oxygen atoms in total. The highest BCUT2D eigenvalue weighted by Crippen LogP contribution is 2.38. The van der Waals surface area contributed by atoms with Gasteiger partial charge in [-0.05, 0) is 57.9 Å². The molecule has 1 unspecified atom stereocenters. The minimum Gasteiger partial charge on any atom is -0.378 e. The Morgan fingerprint density at radius 2 is 1.90 bits per heavy atom. The zero-order valence-electron chi connectivity index (χ0n) is 18.1. The molecule has 7 heteroatoms. The zero-order valence-corrected chi connectivity index (χ0v) is 18.1. The highest BCUT2D eigenvalue weighted by Gasteiger charge is 2.34. The highest BCUT2D eigenvalue weighted by atomic mass is 16.5. The molecule has 0 radical (unpaired) electrons. The third kappa shape index (κ3) is 3.56. The first kappa shape index (κ1) is 20.1. The normalized spacial score (nSPS) is 16.2. The fourth-order valence-corrected chi connectivity index (χ4v) is 3.95. The van der Waals surface area contributed by atoms with Crippen LogP contribution in [0.2, 0.25) is 0 Å². The molecular formula is C23H27N5O2. The van der Waals surface area contributed by atoms with Crippen LogP contribution in [0.25, 0.3) is 11.3 Å². The van der Waals surface area contributed by atoms with Crippen molar-refractivity contribution in [2.75, 3.05) is 25.5 Å². The van der Waals surface area contributed by atoms with E-state index in [-0.39, 0.29) is 11.9 Å². The predicted molar refractivity (Wildman–Crippen MR) is 116 cm³/mol. The molecule has 0 bridgehead atoms. The number of hydrogen-bond acceptors (Lipinski definition) is 6. The molecule has 4 rings (SSSR count).